The Labute approximate surface area is 176 Å². The zero-order valence-corrected chi connectivity index (χ0v) is 17.5. The first kappa shape index (κ1) is 20.0. The van der Waals surface area contributed by atoms with Gasteiger partial charge in [0.25, 0.3) is 5.91 Å². The molecule has 1 aromatic carbocycles. The Morgan fingerprint density at radius 2 is 1.83 bits per heavy atom. The van der Waals surface area contributed by atoms with E-state index in [-0.39, 0.29) is 17.9 Å². The Bertz CT molecular complexity index is 830. The van der Waals surface area contributed by atoms with Gasteiger partial charge in [-0.1, -0.05) is 24.3 Å². The molecule has 1 unspecified atom stereocenters. The van der Waals surface area contributed by atoms with Crippen molar-refractivity contribution < 1.29 is 14.3 Å². The first-order valence-corrected chi connectivity index (χ1v) is 11.5. The molecule has 2 amide bonds. The summed E-state index contributed by atoms with van der Waals surface area (Å²) in [5.74, 6) is 0.741. The van der Waals surface area contributed by atoms with Crippen LogP contribution in [-0.4, -0.2) is 35.4 Å². The molecule has 2 fully saturated rings. The zero-order valence-electron chi connectivity index (χ0n) is 16.6. The number of likely N-dealkylation sites (tertiary alicyclic amines) is 1. The second-order valence-corrected chi connectivity index (χ2v) is 8.78. The van der Waals surface area contributed by atoms with Crippen LogP contribution >= 0.6 is 11.3 Å². The van der Waals surface area contributed by atoms with E-state index in [2.05, 4.69) is 5.32 Å². The average molecular weight is 413 g/mol. The van der Waals surface area contributed by atoms with E-state index in [1.54, 1.807) is 4.90 Å². The Hall–Kier alpha value is -2.34. The summed E-state index contributed by atoms with van der Waals surface area (Å²) in [5, 5.41) is 4.95. The molecular formula is C23H28N2O3S. The number of amides is 2. The smallest absolute Gasteiger partial charge is 0.264 e. The van der Waals surface area contributed by atoms with Crippen LogP contribution < -0.4 is 10.1 Å². The van der Waals surface area contributed by atoms with Crippen molar-refractivity contribution in [1.82, 2.24) is 10.2 Å². The molecule has 1 N–H and O–H groups in total. The third-order valence-corrected chi connectivity index (χ3v) is 6.68. The second-order valence-electron chi connectivity index (χ2n) is 7.84. The van der Waals surface area contributed by atoms with Gasteiger partial charge in [-0.3, -0.25) is 9.59 Å². The largest absolute Gasteiger partial charge is 0.490 e. The van der Waals surface area contributed by atoms with Gasteiger partial charge in [0.2, 0.25) is 5.91 Å². The summed E-state index contributed by atoms with van der Waals surface area (Å²) in [5.41, 5.74) is 0.986. The number of rotatable bonds is 6. The summed E-state index contributed by atoms with van der Waals surface area (Å²) in [6, 6.07) is 11.2. The van der Waals surface area contributed by atoms with Gasteiger partial charge in [-0.05, 0) is 62.5 Å². The molecule has 5 nitrogen and oxygen atoms in total. The molecule has 1 aromatic heterocycles. The Morgan fingerprint density at radius 1 is 1.03 bits per heavy atom. The fourth-order valence-electron chi connectivity index (χ4n) is 4.24. The van der Waals surface area contributed by atoms with E-state index < -0.39 is 6.04 Å². The number of carbonyl (C=O) groups excluding carboxylic acids is 2. The lowest BCUT2D eigenvalue weighted by molar-refractivity contribution is -0.126. The number of benzene rings is 1. The van der Waals surface area contributed by atoms with Gasteiger partial charge in [-0.15, -0.1) is 11.3 Å². The Kier molecular flexibility index (Phi) is 6.49. The van der Waals surface area contributed by atoms with Gasteiger partial charge >= 0.3 is 0 Å². The molecule has 29 heavy (non-hydrogen) atoms. The Morgan fingerprint density at radius 3 is 2.62 bits per heavy atom. The molecule has 1 atom stereocenters. The lowest BCUT2D eigenvalue weighted by atomic mass is 10.0. The molecule has 0 radical (unpaired) electrons. The van der Waals surface area contributed by atoms with E-state index in [9.17, 15) is 9.59 Å². The van der Waals surface area contributed by atoms with E-state index in [1.165, 1.54) is 24.2 Å². The summed E-state index contributed by atoms with van der Waals surface area (Å²) in [6.07, 6.45) is 7.55. The minimum Gasteiger partial charge on any atom is -0.490 e. The molecule has 0 spiro atoms. The molecule has 1 aliphatic carbocycles. The number of hydrogen-bond donors (Lipinski definition) is 1. The number of nitrogens with one attached hydrogen (secondary N) is 1. The van der Waals surface area contributed by atoms with Crippen LogP contribution in [0.15, 0.2) is 41.8 Å². The maximum absolute atomic E-state index is 13.0. The molecule has 154 valence electrons. The van der Waals surface area contributed by atoms with Crippen molar-refractivity contribution in [3.05, 3.63) is 52.2 Å². The van der Waals surface area contributed by atoms with Gasteiger partial charge in [0.05, 0.1) is 11.0 Å². The maximum Gasteiger partial charge on any atom is 0.264 e. The average Bonchev–Trinajstić information content (AvgIpc) is 3.47. The van der Waals surface area contributed by atoms with Gasteiger partial charge in [0.1, 0.15) is 11.8 Å². The minimum atomic E-state index is -0.402. The fourth-order valence-corrected chi connectivity index (χ4v) is 4.92. The van der Waals surface area contributed by atoms with Crippen molar-refractivity contribution in [3.63, 3.8) is 0 Å². The minimum absolute atomic E-state index is 0.0372. The maximum atomic E-state index is 13.0. The highest BCUT2D eigenvalue weighted by Gasteiger charge is 2.33. The molecular weight excluding hydrogens is 384 g/mol. The van der Waals surface area contributed by atoms with Crippen LogP contribution in [-0.2, 0) is 11.3 Å². The third kappa shape index (κ3) is 4.81. The van der Waals surface area contributed by atoms with Crippen LogP contribution in [0.25, 0.3) is 0 Å². The van der Waals surface area contributed by atoms with Gasteiger partial charge < -0.3 is 15.0 Å². The van der Waals surface area contributed by atoms with Gasteiger partial charge in [-0.2, -0.15) is 0 Å². The molecule has 1 saturated carbocycles. The van der Waals surface area contributed by atoms with Crippen LogP contribution in [0.2, 0.25) is 0 Å². The van der Waals surface area contributed by atoms with E-state index >= 15 is 0 Å². The first-order valence-electron chi connectivity index (χ1n) is 10.6. The standard InChI is InChI=1S/C23H28N2O3S/c26-22(19-11-5-6-14-25(19)23(27)21-13-7-15-29-21)24-16-17-8-1-4-12-20(17)28-18-9-2-3-10-18/h1,4,7-8,12-13,15,18-19H,2-3,5-6,9-11,14,16H2,(H,24,26). The molecule has 2 aliphatic rings. The van der Waals surface area contributed by atoms with Crippen molar-refractivity contribution in [2.24, 2.45) is 0 Å². The highest BCUT2D eigenvalue weighted by molar-refractivity contribution is 7.12. The SMILES string of the molecule is O=C(NCc1ccccc1OC1CCCC1)C1CCCCN1C(=O)c1cccs1. The summed E-state index contributed by atoms with van der Waals surface area (Å²) in [6.45, 7) is 1.05. The van der Waals surface area contributed by atoms with Crippen LogP contribution in [0.5, 0.6) is 5.75 Å². The van der Waals surface area contributed by atoms with Crippen LogP contribution in [0, 0.1) is 0 Å². The van der Waals surface area contributed by atoms with E-state index in [4.69, 9.17) is 4.74 Å². The number of para-hydroxylation sites is 1. The fraction of sp³-hybridized carbons (Fsp3) is 0.478. The second kappa shape index (κ2) is 9.44. The monoisotopic (exact) mass is 412 g/mol. The quantitative estimate of drug-likeness (QED) is 0.766. The molecule has 2 aromatic rings. The van der Waals surface area contributed by atoms with Crippen molar-refractivity contribution in [3.8, 4) is 5.75 Å². The third-order valence-electron chi connectivity index (χ3n) is 5.82. The number of thiophene rings is 1. The predicted octanol–water partition coefficient (Wildman–Crippen LogP) is 4.38. The molecule has 0 bridgehead atoms. The van der Waals surface area contributed by atoms with Crippen LogP contribution in [0.3, 0.4) is 0 Å². The number of carbonyl (C=O) groups is 2. The summed E-state index contributed by atoms with van der Waals surface area (Å²) in [4.78, 5) is 28.2. The summed E-state index contributed by atoms with van der Waals surface area (Å²) < 4.78 is 6.18. The highest BCUT2D eigenvalue weighted by atomic mass is 32.1. The summed E-state index contributed by atoms with van der Waals surface area (Å²) >= 11 is 1.43. The van der Waals surface area contributed by atoms with E-state index in [0.717, 1.165) is 37.0 Å². The molecule has 2 heterocycles. The molecule has 6 heteroatoms. The van der Waals surface area contributed by atoms with Gasteiger partial charge in [0, 0.05) is 18.7 Å². The van der Waals surface area contributed by atoms with Crippen LogP contribution in [0.4, 0.5) is 0 Å². The van der Waals surface area contributed by atoms with E-state index in [0.29, 0.717) is 24.4 Å². The van der Waals surface area contributed by atoms with Crippen molar-refractivity contribution >= 4 is 23.2 Å². The van der Waals surface area contributed by atoms with Crippen molar-refractivity contribution in [2.75, 3.05) is 6.54 Å². The van der Waals surface area contributed by atoms with Gasteiger partial charge in [-0.25, -0.2) is 0 Å². The topological polar surface area (TPSA) is 58.6 Å². The molecule has 4 rings (SSSR count). The van der Waals surface area contributed by atoms with Crippen LogP contribution in [0.1, 0.15) is 60.2 Å². The Balaban J connectivity index is 1.40. The molecule has 1 saturated heterocycles. The predicted molar refractivity (Wildman–Crippen MR) is 114 cm³/mol. The first-order chi connectivity index (χ1) is 14.2. The number of piperidine rings is 1. The normalized spacial score (nSPS) is 19.9. The molecule has 1 aliphatic heterocycles. The van der Waals surface area contributed by atoms with Crippen molar-refractivity contribution in [1.29, 1.82) is 0 Å². The van der Waals surface area contributed by atoms with Gasteiger partial charge in [0.15, 0.2) is 0 Å². The lowest BCUT2D eigenvalue weighted by Gasteiger charge is -2.34. The lowest BCUT2D eigenvalue weighted by Crippen LogP contribution is -2.51. The zero-order chi connectivity index (χ0) is 20.1. The number of hydrogen-bond acceptors (Lipinski definition) is 4. The number of nitrogens with zero attached hydrogens (tertiary/aromatic N) is 1. The summed E-state index contributed by atoms with van der Waals surface area (Å²) in [7, 11) is 0. The van der Waals surface area contributed by atoms with E-state index in [1.807, 2.05) is 41.8 Å². The number of ether oxygens (including phenoxy) is 1. The van der Waals surface area contributed by atoms with Crippen molar-refractivity contribution in [2.45, 2.75) is 63.6 Å². The highest BCUT2D eigenvalue weighted by Crippen LogP contribution is 2.27.